The summed E-state index contributed by atoms with van der Waals surface area (Å²) in [5, 5.41) is 8.28. The van der Waals surface area contributed by atoms with Crippen LogP contribution < -0.4 is 5.32 Å². The van der Waals surface area contributed by atoms with Gasteiger partial charge in [0.15, 0.2) is 0 Å². The van der Waals surface area contributed by atoms with Gasteiger partial charge in [0.1, 0.15) is 0 Å². The van der Waals surface area contributed by atoms with Gasteiger partial charge in [-0.05, 0) is 24.6 Å². The Kier molecular flexibility index (Phi) is 3.64. The maximum atomic E-state index is 11.9. The fraction of sp³-hybridized carbons (Fsp3) is 0.188. The Morgan fingerprint density at radius 2 is 2.14 bits per heavy atom. The minimum Gasteiger partial charge on any atom is -0.325 e. The molecule has 5 heteroatoms. The van der Waals surface area contributed by atoms with Crippen molar-refractivity contribution >= 4 is 22.5 Å². The lowest BCUT2D eigenvalue weighted by atomic mass is 10.2. The predicted molar refractivity (Wildman–Crippen MR) is 82.0 cm³/mol. The molecule has 0 spiro atoms. The molecule has 0 aliphatic rings. The fourth-order valence-corrected chi connectivity index (χ4v) is 2.37. The average molecular weight is 280 g/mol. The van der Waals surface area contributed by atoms with E-state index in [1.165, 1.54) is 0 Å². The molecule has 0 atom stereocenters. The van der Waals surface area contributed by atoms with Crippen LogP contribution in [0, 0.1) is 6.92 Å². The highest BCUT2D eigenvalue weighted by atomic mass is 16.1. The molecule has 0 aliphatic heterocycles. The van der Waals surface area contributed by atoms with E-state index in [9.17, 15) is 4.79 Å². The first-order valence-electron chi connectivity index (χ1n) is 6.85. The molecule has 0 unspecified atom stereocenters. The number of nitrogens with one attached hydrogen (secondary N) is 1. The lowest BCUT2D eigenvalue weighted by molar-refractivity contribution is -0.116. The summed E-state index contributed by atoms with van der Waals surface area (Å²) in [4.78, 5) is 15.9. The highest BCUT2D eigenvalue weighted by Crippen LogP contribution is 2.18. The van der Waals surface area contributed by atoms with Crippen LogP contribution in [0.15, 0.2) is 48.9 Å². The van der Waals surface area contributed by atoms with Crippen molar-refractivity contribution in [2.24, 2.45) is 0 Å². The van der Waals surface area contributed by atoms with Gasteiger partial charge in [-0.2, -0.15) is 5.10 Å². The number of carbonyl (C=O) groups excluding carboxylic acids is 1. The maximum absolute atomic E-state index is 11.9. The third-order valence-electron chi connectivity index (χ3n) is 3.36. The van der Waals surface area contributed by atoms with E-state index in [0.29, 0.717) is 18.7 Å². The van der Waals surface area contributed by atoms with E-state index in [0.717, 1.165) is 16.5 Å². The monoisotopic (exact) mass is 280 g/mol. The summed E-state index contributed by atoms with van der Waals surface area (Å²) in [5.74, 6) is -0.0414. The molecule has 0 bridgehead atoms. The van der Waals surface area contributed by atoms with Crippen molar-refractivity contribution in [3.8, 4) is 0 Å². The summed E-state index contributed by atoms with van der Waals surface area (Å²) in [6.07, 6.45) is 5.51. The highest BCUT2D eigenvalue weighted by Gasteiger charge is 2.08. The summed E-state index contributed by atoms with van der Waals surface area (Å²) in [6, 6.07) is 9.70. The molecule has 106 valence electrons. The van der Waals surface area contributed by atoms with Gasteiger partial charge in [0, 0.05) is 18.0 Å². The number of benzene rings is 1. The van der Waals surface area contributed by atoms with Crippen LogP contribution in [0.5, 0.6) is 0 Å². The molecule has 3 aromatic rings. The Balaban J connectivity index is 1.68. The topological polar surface area (TPSA) is 59.8 Å². The summed E-state index contributed by atoms with van der Waals surface area (Å²) < 4.78 is 1.88. The second-order valence-electron chi connectivity index (χ2n) is 4.92. The van der Waals surface area contributed by atoms with Gasteiger partial charge < -0.3 is 5.32 Å². The number of pyridine rings is 1. The number of amides is 1. The number of carbonyl (C=O) groups is 1. The van der Waals surface area contributed by atoms with E-state index in [1.807, 2.05) is 29.1 Å². The zero-order chi connectivity index (χ0) is 14.7. The molecule has 21 heavy (non-hydrogen) atoms. The smallest absolute Gasteiger partial charge is 0.226 e. The zero-order valence-electron chi connectivity index (χ0n) is 11.8. The van der Waals surface area contributed by atoms with Gasteiger partial charge >= 0.3 is 0 Å². The third-order valence-corrected chi connectivity index (χ3v) is 3.36. The van der Waals surface area contributed by atoms with Crippen LogP contribution in [0.2, 0.25) is 0 Å². The minimum atomic E-state index is -0.0414. The zero-order valence-corrected chi connectivity index (χ0v) is 11.8. The number of hydrogen-bond acceptors (Lipinski definition) is 3. The van der Waals surface area contributed by atoms with Crippen molar-refractivity contribution < 1.29 is 4.79 Å². The van der Waals surface area contributed by atoms with E-state index in [2.05, 4.69) is 28.4 Å². The predicted octanol–water partition coefficient (Wildman–Crippen LogP) is 2.77. The third kappa shape index (κ3) is 2.91. The van der Waals surface area contributed by atoms with Gasteiger partial charge in [-0.3, -0.25) is 14.5 Å². The Morgan fingerprint density at radius 1 is 1.24 bits per heavy atom. The lowest BCUT2D eigenvalue weighted by Gasteiger charge is -2.07. The standard InChI is InChI=1S/C16H16N4O/c1-12-4-2-5-13-10-18-20(16(12)13)9-7-15(21)19-14-6-3-8-17-11-14/h2-6,8,10-11H,7,9H2,1H3,(H,19,21). The quantitative estimate of drug-likeness (QED) is 0.799. The number of aryl methyl sites for hydroxylation is 2. The van der Waals surface area contributed by atoms with E-state index < -0.39 is 0 Å². The van der Waals surface area contributed by atoms with Gasteiger partial charge in [0.2, 0.25) is 5.91 Å². The Bertz CT molecular complexity index is 764. The van der Waals surface area contributed by atoms with Gasteiger partial charge in [0.25, 0.3) is 0 Å². The second-order valence-corrected chi connectivity index (χ2v) is 4.92. The molecule has 5 nitrogen and oxygen atoms in total. The van der Waals surface area contributed by atoms with E-state index in [4.69, 9.17) is 0 Å². The molecular formula is C16H16N4O. The molecule has 1 aromatic carbocycles. The molecular weight excluding hydrogens is 264 g/mol. The van der Waals surface area contributed by atoms with Crippen molar-refractivity contribution in [2.45, 2.75) is 19.9 Å². The number of aromatic nitrogens is 3. The average Bonchev–Trinajstić information content (AvgIpc) is 2.91. The molecule has 0 aliphatic carbocycles. The first-order valence-corrected chi connectivity index (χ1v) is 6.85. The number of fused-ring (bicyclic) bond motifs is 1. The number of nitrogens with zero attached hydrogens (tertiary/aromatic N) is 3. The molecule has 2 heterocycles. The number of para-hydroxylation sites is 1. The van der Waals surface area contributed by atoms with Gasteiger partial charge in [-0.1, -0.05) is 18.2 Å². The Morgan fingerprint density at radius 3 is 2.95 bits per heavy atom. The summed E-state index contributed by atoms with van der Waals surface area (Å²) >= 11 is 0. The van der Waals surface area contributed by atoms with Crippen molar-refractivity contribution in [3.05, 3.63) is 54.5 Å². The SMILES string of the molecule is Cc1cccc2cnn(CCC(=O)Nc3cccnc3)c12. The van der Waals surface area contributed by atoms with E-state index in [-0.39, 0.29) is 5.91 Å². The van der Waals surface area contributed by atoms with Crippen LogP contribution >= 0.6 is 0 Å². The van der Waals surface area contributed by atoms with Crippen molar-refractivity contribution in [1.82, 2.24) is 14.8 Å². The highest BCUT2D eigenvalue weighted by molar-refractivity contribution is 5.90. The normalized spacial score (nSPS) is 10.7. The summed E-state index contributed by atoms with van der Waals surface area (Å²) in [5.41, 5.74) is 2.97. The van der Waals surface area contributed by atoms with Gasteiger partial charge in [-0.25, -0.2) is 0 Å². The second kappa shape index (κ2) is 5.75. The molecule has 3 rings (SSSR count). The summed E-state index contributed by atoms with van der Waals surface area (Å²) in [7, 11) is 0. The van der Waals surface area contributed by atoms with Crippen LogP contribution in [0.25, 0.3) is 10.9 Å². The number of hydrogen-bond donors (Lipinski definition) is 1. The van der Waals surface area contributed by atoms with Crippen LogP contribution in [0.3, 0.4) is 0 Å². The van der Waals surface area contributed by atoms with Gasteiger partial charge in [0.05, 0.1) is 30.1 Å². The first kappa shape index (κ1) is 13.3. The minimum absolute atomic E-state index is 0.0414. The lowest BCUT2D eigenvalue weighted by Crippen LogP contribution is -2.15. The number of rotatable bonds is 4. The number of anilines is 1. The van der Waals surface area contributed by atoms with E-state index >= 15 is 0 Å². The summed E-state index contributed by atoms with van der Waals surface area (Å²) in [6.45, 7) is 2.61. The molecule has 0 saturated carbocycles. The molecule has 1 amide bonds. The molecule has 2 aromatic heterocycles. The van der Waals surface area contributed by atoms with Crippen molar-refractivity contribution in [3.63, 3.8) is 0 Å². The fourth-order valence-electron chi connectivity index (χ4n) is 2.37. The molecule has 1 N–H and O–H groups in total. The molecule has 0 radical (unpaired) electrons. The maximum Gasteiger partial charge on any atom is 0.226 e. The van der Waals surface area contributed by atoms with Crippen LogP contribution in [0.1, 0.15) is 12.0 Å². The molecule has 0 fully saturated rings. The van der Waals surface area contributed by atoms with Gasteiger partial charge in [-0.15, -0.1) is 0 Å². The van der Waals surface area contributed by atoms with Crippen LogP contribution in [-0.4, -0.2) is 20.7 Å². The van der Waals surface area contributed by atoms with E-state index in [1.54, 1.807) is 18.5 Å². The van der Waals surface area contributed by atoms with Crippen molar-refractivity contribution in [2.75, 3.05) is 5.32 Å². The molecule has 0 saturated heterocycles. The van der Waals surface area contributed by atoms with Crippen LogP contribution in [-0.2, 0) is 11.3 Å². The largest absolute Gasteiger partial charge is 0.325 e. The van der Waals surface area contributed by atoms with Crippen LogP contribution in [0.4, 0.5) is 5.69 Å². The van der Waals surface area contributed by atoms with Crippen molar-refractivity contribution in [1.29, 1.82) is 0 Å². The Hall–Kier alpha value is -2.69. The Labute approximate surface area is 122 Å². The first-order chi connectivity index (χ1) is 10.2.